The molecule has 53 heavy (non-hydrogen) atoms. The number of nitro groups is 1. The average Bonchev–Trinajstić information content (AvgIpc) is 3.75. The highest BCUT2D eigenvalue weighted by molar-refractivity contribution is 7.25. The van der Waals surface area contributed by atoms with Crippen LogP contribution in [0.4, 0.5) is 5.69 Å². The van der Waals surface area contributed by atoms with Gasteiger partial charge in [0.15, 0.2) is 17.5 Å². The van der Waals surface area contributed by atoms with Crippen molar-refractivity contribution in [2.45, 2.75) is 0 Å². The van der Waals surface area contributed by atoms with E-state index in [0.717, 1.165) is 38.6 Å². The second-order valence-electron chi connectivity index (χ2n) is 12.9. The summed E-state index contributed by atoms with van der Waals surface area (Å²) in [7, 11) is 0. The molecule has 3 aromatic heterocycles. The predicted octanol–water partition coefficient (Wildman–Crippen LogP) is 11.9. The number of aromatic nitrogens is 4. The molecule has 0 aliphatic carbocycles. The smallest absolute Gasteiger partial charge is 0.277 e. The van der Waals surface area contributed by atoms with Crippen molar-refractivity contribution in [1.82, 2.24) is 19.5 Å². The molecule has 0 spiro atoms. The summed E-state index contributed by atoms with van der Waals surface area (Å²) in [4.78, 5) is 27.1. The summed E-state index contributed by atoms with van der Waals surface area (Å²) in [6.07, 6.45) is 0. The minimum atomic E-state index is -0.317. The molecule has 0 radical (unpaired) electrons. The number of rotatable bonds is 6. The van der Waals surface area contributed by atoms with E-state index in [9.17, 15) is 10.1 Å². The van der Waals surface area contributed by atoms with Gasteiger partial charge in [-0.15, -0.1) is 11.3 Å². The predicted molar refractivity (Wildman–Crippen MR) is 215 cm³/mol. The van der Waals surface area contributed by atoms with Gasteiger partial charge in [0.05, 0.1) is 27.2 Å². The second kappa shape index (κ2) is 12.3. The molecule has 0 bridgehead atoms. The zero-order chi connectivity index (χ0) is 35.5. The van der Waals surface area contributed by atoms with Crippen LogP contribution in [0, 0.1) is 10.1 Å². The van der Waals surface area contributed by atoms with Gasteiger partial charge in [-0.1, -0.05) is 109 Å². The fraction of sp³-hybridized carbons (Fsp3) is 0. The first kappa shape index (κ1) is 30.8. The maximum atomic E-state index is 12.6. The van der Waals surface area contributed by atoms with Gasteiger partial charge in [0.25, 0.3) is 5.69 Å². The van der Waals surface area contributed by atoms with E-state index in [4.69, 9.17) is 15.0 Å². The Morgan fingerprint density at radius 1 is 0.472 bits per heavy atom. The Bertz CT molecular complexity index is 2990. The summed E-state index contributed by atoms with van der Waals surface area (Å²) in [6.45, 7) is 0. The Kier molecular flexibility index (Phi) is 7.16. The highest BCUT2D eigenvalue weighted by Gasteiger charge is 2.23. The number of para-hydroxylation sites is 2. The molecule has 0 unspecified atom stereocenters. The van der Waals surface area contributed by atoms with Crippen molar-refractivity contribution in [2.24, 2.45) is 0 Å². The van der Waals surface area contributed by atoms with Gasteiger partial charge in [-0.2, -0.15) is 0 Å². The number of hydrogen-bond acceptors (Lipinski definition) is 6. The number of hydrogen-bond donors (Lipinski definition) is 0. The molecule has 3 heterocycles. The molecule has 250 valence electrons. The molecule has 0 N–H and O–H groups in total. The van der Waals surface area contributed by atoms with Gasteiger partial charge < -0.3 is 4.57 Å². The van der Waals surface area contributed by atoms with Gasteiger partial charge in [-0.25, -0.2) is 15.0 Å². The molecule has 0 aliphatic rings. The summed E-state index contributed by atoms with van der Waals surface area (Å²) in [5.74, 6) is 1.55. The largest absolute Gasteiger partial charge is 0.309 e. The molecule has 10 rings (SSSR count). The third kappa shape index (κ3) is 5.15. The summed E-state index contributed by atoms with van der Waals surface area (Å²) < 4.78 is 4.69. The van der Waals surface area contributed by atoms with E-state index in [0.29, 0.717) is 34.2 Å². The summed E-state index contributed by atoms with van der Waals surface area (Å²) in [5, 5.41) is 17.2. The van der Waals surface area contributed by atoms with E-state index in [-0.39, 0.29) is 10.6 Å². The van der Waals surface area contributed by atoms with Crippen molar-refractivity contribution in [3.63, 3.8) is 0 Å². The van der Waals surface area contributed by atoms with Gasteiger partial charge in [0.1, 0.15) is 0 Å². The fourth-order valence-electron chi connectivity index (χ4n) is 7.33. The first-order valence-corrected chi connectivity index (χ1v) is 18.0. The molecular weight excluding hydrogens is 675 g/mol. The lowest BCUT2D eigenvalue weighted by atomic mass is 9.98. The van der Waals surface area contributed by atoms with Crippen LogP contribution >= 0.6 is 11.3 Å². The summed E-state index contributed by atoms with van der Waals surface area (Å²) >= 11 is 1.79. The van der Waals surface area contributed by atoms with Crippen LogP contribution in [0.15, 0.2) is 164 Å². The number of thiophene rings is 1. The molecule has 0 aliphatic heterocycles. The second-order valence-corrected chi connectivity index (χ2v) is 13.9. The lowest BCUT2D eigenvalue weighted by molar-refractivity contribution is -0.384. The first-order chi connectivity index (χ1) is 26.1. The van der Waals surface area contributed by atoms with Crippen LogP contribution in [0.3, 0.4) is 0 Å². The van der Waals surface area contributed by atoms with Gasteiger partial charge >= 0.3 is 0 Å². The Balaban J connectivity index is 1.27. The summed E-state index contributed by atoms with van der Waals surface area (Å²) in [5.41, 5.74) is 6.49. The third-order valence-corrected chi connectivity index (χ3v) is 10.9. The molecule has 0 saturated carbocycles. The van der Waals surface area contributed by atoms with Crippen LogP contribution in [-0.4, -0.2) is 24.4 Å². The number of nitro benzene ring substituents is 1. The molecule has 0 atom stereocenters. The van der Waals surface area contributed by atoms with E-state index in [1.165, 1.54) is 20.2 Å². The highest BCUT2D eigenvalue weighted by Crippen LogP contribution is 2.44. The lowest BCUT2D eigenvalue weighted by Crippen LogP contribution is -2.02. The van der Waals surface area contributed by atoms with E-state index in [1.54, 1.807) is 23.5 Å². The van der Waals surface area contributed by atoms with Crippen molar-refractivity contribution in [3.8, 4) is 51.0 Å². The van der Waals surface area contributed by atoms with E-state index < -0.39 is 0 Å². The Morgan fingerprint density at radius 2 is 1.08 bits per heavy atom. The molecule has 8 heteroatoms. The Morgan fingerprint density at radius 3 is 1.79 bits per heavy atom. The Labute approximate surface area is 307 Å². The van der Waals surface area contributed by atoms with E-state index in [2.05, 4.69) is 59.2 Å². The van der Waals surface area contributed by atoms with Crippen LogP contribution in [0.25, 0.3) is 93.0 Å². The van der Waals surface area contributed by atoms with Crippen molar-refractivity contribution in [2.75, 3.05) is 0 Å². The average molecular weight is 702 g/mol. The quantitative estimate of drug-likeness (QED) is 0.127. The van der Waals surface area contributed by atoms with Crippen molar-refractivity contribution >= 4 is 59.0 Å². The van der Waals surface area contributed by atoms with Crippen LogP contribution in [-0.2, 0) is 0 Å². The normalized spacial score (nSPS) is 11.5. The SMILES string of the molecule is O=[N+]([O-])c1ccccc1-c1cc(-c2nc(-c3ccccc3)nc(-c3ccccc3)n2)ccc1-n1c2ccccc2c2cc3sc4ccccc4c3cc21. The van der Waals surface area contributed by atoms with Gasteiger partial charge in [-0.3, -0.25) is 10.1 Å². The topological polar surface area (TPSA) is 86.7 Å². The molecule has 7 aromatic carbocycles. The van der Waals surface area contributed by atoms with Crippen LogP contribution < -0.4 is 0 Å². The molecule has 0 fully saturated rings. The molecule has 0 saturated heterocycles. The van der Waals surface area contributed by atoms with Crippen molar-refractivity contribution in [3.05, 3.63) is 174 Å². The first-order valence-electron chi connectivity index (χ1n) is 17.2. The maximum absolute atomic E-state index is 12.6. The van der Waals surface area contributed by atoms with Crippen LogP contribution in [0.5, 0.6) is 0 Å². The minimum absolute atomic E-state index is 0.0171. The minimum Gasteiger partial charge on any atom is -0.309 e. The number of nitrogens with zero attached hydrogens (tertiary/aromatic N) is 5. The van der Waals surface area contributed by atoms with Crippen LogP contribution in [0.1, 0.15) is 0 Å². The number of benzene rings is 7. The molecule has 0 amide bonds. The zero-order valence-corrected chi connectivity index (χ0v) is 28.9. The fourth-order valence-corrected chi connectivity index (χ4v) is 8.46. The molecule has 7 nitrogen and oxygen atoms in total. The highest BCUT2D eigenvalue weighted by atomic mass is 32.1. The monoisotopic (exact) mass is 701 g/mol. The summed E-state index contributed by atoms with van der Waals surface area (Å²) in [6, 6.07) is 54.0. The van der Waals surface area contributed by atoms with E-state index in [1.807, 2.05) is 97.1 Å². The number of fused-ring (bicyclic) bond motifs is 6. The van der Waals surface area contributed by atoms with Crippen molar-refractivity contribution < 1.29 is 4.92 Å². The maximum Gasteiger partial charge on any atom is 0.277 e. The van der Waals surface area contributed by atoms with E-state index >= 15 is 0 Å². The lowest BCUT2D eigenvalue weighted by Gasteiger charge is -2.16. The third-order valence-electron chi connectivity index (χ3n) is 9.76. The zero-order valence-electron chi connectivity index (χ0n) is 28.0. The standard InChI is InChI=1S/C45H27N5O2S/c51-50(52)39-21-11-8-18-32(39)34-25-30(45-47-43(28-13-3-1-4-14-28)46-44(48-45)29-15-5-2-6-16-29)23-24-38(34)49-37-20-10-7-17-31(37)35-27-42-36(26-40(35)49)33-19-9-12-22-41(33)53-42/h1-27H. The Hall–Kier alpha value is -7.03. The van der Waals surface area contributed by atoms with Gasteiger partial charge in [0.2, 0.25) is 0 Å². The van der Waals surface area contributed by atoms with Gasteiger partial charge in [0, 0.05) is 59.3 Å². The van der Waals surface area contributed by atoms with Crippen LogP contribution in [0.2, 0.25) is 0 Å². The van der Waals surface area contributed by atoms with Gasteiger partial charge in [-0.05, 0) is 48.5 Å². The molecule has 10 aromatic rings. The van der Waals surface area contributed by atoms with Crippen molar-refractivity contribution in [1.29, 1.82) is 0 Å². The molecular formula is C45H27N5O2S.